The highest BCUT2D eigenvalue weighted by molar-refractivity contribution is 7.99. The molecule has 0 aliphatic carbocycles. The van der Waals surface area contributed by atoms with Crippen LogP contribution in [0.2, 0.25) is 0 Å². The highest BCUT2D eigenvalue weighted by Gasteiger charge is 2.60. The first-order chi connectivity index (χ1) is 22.8. The molecule has 0 fully saturated rings. The summed E-state index contributed by atoms with van der Waals surface area (Å²) in [5.41, 5.74) is -0.259. The van der Waals surface area contributed by atoms with Crippen LogP contribution in [0.1, 0.15) is 45.1 Å². The summed E-state index contributed by atoms with van der Waals surface area (Å²) in [6.45, 7) is -0.317. The summed E-state index contributed by atoms with van der Waals surface area (Å²) in [7, 11) is 0. The molecule has 16 heteroatoms. The summed E-state index contributed by atoms with van der Waals surface area (Å²) >= 11 is 1.03. The Morgan fingerprint density at radius 3 is 1.81 bits per heavy atom. The van der Waals surface area contributed by atoms with Crippen molar-refractivity contribution in [2.24, 2.45) is 0 Å². The third-order valence-electron chi connectivity index (χ3n) is 8.68. The molecule has 0 aromatic heterocycles. The zero-order valence-electron chi connectivity index (χ0n) is 24.3. The van der Waals surface area contributed by atoms with Crippen molar-refractivity contribution in [3.8, 4) is 69.0 Å². The minimum atomic E-state index is -2.35. The number of phenolic OH excluding ortho intramolecular Hbond substituents is 9. The molecular weight excluding hydrogens is 656 g/mol. The Balaban J connectivity index is 1.51. The molecule has 252 valence electrons. The van der Waals surface area contributed by atoms with Crippen molar-refractivity contribution in [1.82, 2.24) is 0 Å². The number of hydrogen-bond acceptors (Lipinski definition) is 16. The average molecular weight is 685 g/mol. The number of fused-ring (bicyclic) bond motifs is 8. The van der Waals surface area contributed by atoms with E-state index in [1.807, 2.05) is 0 Å². The lowest BCUT2D eigenvalue weighted by Gasteiger charge is -2.51. The first kappa shape index (κ1) is 31.3. The average Bonchev–Trinajstić information content (AvgIpc) is 3.01. The maximum atomic E-state index is 12.1. The van der Waals surface area contributed by atoms with Crippen molar-refractivity contribution < 1.29 is 75.5 Å². The van der Waals surface area contributed by atoms with E-state index in [1.165, 1.54) is 0 Å². The van der Waals surface area contributed by atoms with E-state index >= 15 is 0 Å². The molecule has 0 amide bonds. The van der Waals surface area contributed by atoms with Gasteiger partial charge in [-0.15, -0.1) is 11.8 Å². The first-order valence-electron chi connectivity index (χ1n) is 14.4. The maximum Gasteiger partial charge on any atom is 0.305 e. The van der Waals surface area contributed by atoms with Gasteiger partial charge in [0.05, 0.1) is 23.3 Å². The molecule has 7 rings (SSSR count). The van der Waals surface area contributed by atoms with E-state index in [0.29, 0.717) is 0 Å². The van der Waals surface area contributed by atoms with Gasteiger partial charge in [-0.3, -0.25) is 0 Å². The SMILES string of the molecule is OCCS[C@H]1c2c(O)cc3c(c2O[C@H](c2cc(O)c(O)c(O)c2)[C@H]1O)[C@@H]1c2c(O)cc(O)cc2O[C@](c2cc(O)c(O)c(O)c2)(O3)[C@H]1O. The zero-order valence-corrected chi connectivity index (χ0v) is 25.2. The quantitative estimate of drug-likeness (QED) is 0.135. The molecule has 2 bridgehead atoms. The molecule has 6 atom stereocenters. The number of aliphatic hydroxyl groups is 3. The monoisotopic (exact) mass is 684 g/mol. The zero-order chi connectivity index (χ0) is 34.4. The van der Waals surface area contributed by atoms with Gasteiger partial charge < -0.3 is 75.5 Å². The fourth-order valence-corrected chi connectivity index (χ4v) is 7.71. The van der Waals surface area contributed by atoms with Crippen LogP contribution < -0.4 is 14.2 Å². The Morgan fingerprint density at radius 2 is 1.21 bits per heavy atom. The molecule has 0 radical (unpaired) electrons. The molecule has 3 heterocycles. The molecular formula is C32H28O15S. The molecule has 3 aliphatic heterocycles. The van der Waals surface area contributed by atoms with Gasteiger partial charge in [0, 0.05) is 46.2 Å². The summed E-state index contributed by atoms with van der Waals surface area (Å²) in [6, 6.07) is 7.29. The van der Waals surface area contributed by atoms with Gasteiger partial charge in [0.15, 0.2) is 40.6 Å². The van der Waals surface area contributed by atoms with Gasteiger partial charge in [-0.05, 0) is 24.3 Å². The van der Waals surface area contributed by atoms with Crippen molar-refractivity contribution in [1.29, 1.82) is 0 Å². The largest absolute Gasteiger partial charge is 0.508 e. The summed E-state index contributed by atoms with van der Waals surface area (Å²) in [5.74, 6) is -10.4. The lowest BCUT2D eigenvalue weighted by Crippen LogP contribution is -2.57. The van der Waals surface area contributed by atoms with E-state index in [0.717, 1.165) is 54.2 Å². The predicted molar refractivity (Wildman–Crippen MR) is 163 cm³/mol. The standard InChI is InChI=1S/C32H28O15S/c33-1-2-48-30-22-14(36)9-20-23(29(22)45-28(27(30)43)10-3-15(37)25(41)16(38)4-10)24-21-13(35)7-12(34)8-19(21)46-32(47-20,31(24)44)11-5-17(39)26(42)18(40)6-11/h3-9,24,27-28,30-31,33-44H,1-2H2/t24-,27+,28+,30-,31-,32+/m0/s1. The van der Waals surface area contributed by atoms with Crippen molar-refractivity contribution >= 4 is 11.8 Å². The third kappa shape index (κ3) is 4.41. The van der Waals surface area contributed by atoms with Crippen molar-refractivity contribution in [3.05, 3.63) is 70.3 Å². The van der Waals surface area contributed by atoms with Gasteiger partial charge >= 0.3 is 5.79 Å². The Bertz CT molecular complexity index is 1940. The minimum absolute atomic E-state index is 0.00513. The van der Waals surface area contributed by atoms with E-state index in [1.54, 1.807) is 0 Å². The highest BCUT2D eigenvalue weighted by Crippen LogP contribution is 2.64. The van der Waals surface area contributed by atoms with Gasteiger partial charge in [0.1, 0.15) is 46.7 Å². The molecule has 4 aromatic carbocycles. The van der Waals surface area contributed by atoms with Crippen LogP contribution in [0.15, 0.2) is 42.5 Å². The van der Waals surface area contributed by atoms with Crippen LogP contribution >= 0.6 is 11.8 Å². The molecule has 3 aliphatic rings. The smallest absolute Gasteiger partial charge is 0.305 e. The molecule has 0 saturated carbocycles. The third-order valence-corrected chi connectivity index (χ3v) is 9.98. The predicted octanol–water partition coefficient (Wildman–Crippen LogP) is 2.43. The van der Waals surface area contributed by atoms with Crippen molar-refractivity contribution in [3.63, 3.8) is 0 Å². The van der Waals surface area contributed by atoms with Gasteiger partial charge in [-0.2, -0.15) is 0 Å². The lowest BCUT2D eigenvalue weighted by atomic mass is 9.74. The summed E-state index contributed by atoms with van der Waals surface area (Å²) in [5, 5.41) is 126. The Hall–Kier alpha value is -5.29. The van der Waals surface area contributed by atoms with Crippen molar-refractivity contribution in [2.45, 2.75) is 35.3 Å². The molecule has 0 saturated heterocycles. The van der Waals surface area contributed by atoms with Crippen LogP contribution in [0.4, 0.5) is 0 Å². The number of ether oxygens (including phenoxy) is 3. The second-order valence-corrected chi connectivity index (χ2v) is 12.8. The number of benzene rings is 4. The molecule has 48 heavy (non-hydrogen) atoms. The fourth-order valence-electron chi connectivity index (χ4n) is 6.61. The number of aliphatic hydroxyl groups excluding tert-OH is 3. The normalized spacial score (nSPS) is 25.1. The van der Waals surface area contributed by atoms with Crippen LogP contribution in [0.3, 0.4) is 0 Å². The molecule has 4 aromatic rings. The van der Waals surface area contributed by atoms with Gasteiger partial charge in [-0.25, -0.2) is 0 Å². The Morgan fingerprint density at radius 1 is 0.646 bits per heavy atom. The minimum Gasteiger partial charge on any atom is -0.508 e. The number of hydrogen-bond donors (Lipinski definition) is 12. The van der Waals surface area contributed by atoms with Crippen LogP contribution in [-0.2, 0) is 5.79 Å². The molecule has 0 unspecified atom stereocenters. The second kappa shape index (κ2) is 10.9. The van der Waals surface area contributed by atoms with Crippen LogP contribution in [0.5, 0.6) is 69.0 Å². The summed E-state index contributed by atoms with van der Waals surface area (Å²) in [4.78, 5) is 0. The van der Waals surface area contributed by atoms with Crippen LogP contribution in [0.25, 0.3) is 0 Å². The summed E-state index contributed by atoms with van der Waals surface area (Å²) < 4.78 is 18.7. The van der Waals surface area contributed by atoms with E-state index in [9.17, 15) is 61.3 Å². The number of rotatable bonds is 5. The summed E-state index contributed by atoms with van der Waals surface area (Å²) in [6.07, 6.45) is -4.74. The van der Waals surface area contributed by atoms with E-state index < -0.39 is 87.0 Å². The van der Waals surface area contributed by atoms with E-state index in [2.05, 4.69) is 0 Å². The van der Waals surface area contributed by atoms with Gasteiger partial charge in [0.25, 0.3) is 0 Å². The Labute approximate surface area is 273 Å². The molecule has 15 nitrogen and oxygen atoms in total. The van der Waals surface area contributed by atoms with Gasteiger partial charge in [-0.1, -0.05) is 0 Å². The topological polar surface area (TPSA) is 270 Å². The second-order valence-electron chi connectivity index (χ2n) is 11.5. The number of thioether (sulfide) groups is 1. The van der Waals surface area contributed by atoms with Crippen molar-refractivity contribution in [2.75, 3.05) is 12.4 Å². The fraction of sp³-hybridized carbons (Fsp3) is 0.250. The lowest BCUT2D eigenvalue weighted by molar-refractivity contribution is -0.219. The highest BCUT2D eigenvalue weighted by atomic mass is 32.2. The van der Waals surface area contributed by atoms with Crippen LogP contribution in [0, 0.1) is 0 Å². The molecule has 12 N–H and O–H groups in total. The van der Waals surface area contributed by atoms with Crippen LogP contribution in [-0.4, -0.2) is 85.8 Å². The number of phenols is 9. The number of aromatic hydroxyl groups is 9. The van der Waals surface area contributed by atoms with E-state index in [-0.39, 0.29) is 57.4 Å². The molecule has 0 spiro atoms. The van der Waals surface area contributed by atoms with E-state index in [4.69, 9.17) is 14.2 Å². The van der Waals surface area contributed by atoms with Gasteiger partial charge in [0.2, 0.25) is 0 Å². The first-order valence-corrected chi connectivity index (χ1v) is 15.4. The maximum absolute atomic E-state index is 12.1. The Kier molecular flexibility index (Phi) is 7.10.